The average molecular weight is 331 g/mol. The summed E-state index contributed by atoms with van der Waals surface area (Å²) >= 11 is 1.25. The third kappa shape index (κ3) is 3.67. The molecule has 3 aromatic rings. The molecule has 0 spiro atoms. The molecule has 2 N–H and O–H groups in total. The van der Waals surface area contributed by atoms with Crippen LogP contribution < -0.4 is 0 Å². The van der Waals surface area contributed by atoms with Crippen LogP contribution in [0, 0.1) is 5.82 Å². The highest BCUT2D eigenvalue weighted by Gasteiger charge is 2.13. The van der Waals surface area contributed by atoms with Gasteiger partial charge in [-0.25, -0.2) is 9.37 Å². The smallest absolute Gasteiger partial charge is 0.224 e. The van der Waals surface area contributed by atoms with E-state index >= 15 is 0 Å². The van der Waals surface area contributed by atoms with Crippen molar-refractivity contribution in [2.24, 2.45) is 0 Å². The number of benzene rings is 1. The van der Waals surface area contributed by atoms with Gasteiger partial charge in [0, 0.05) is 11.0 Å². The number of rotatable bonds is 5. The van der Waals surface area contributed by atoms with E-state index in [0.29, 0.717) is 5.09 Å². The number of carbonyl (C=O) groups is 1. The van der Waals surface area contributed by atoms with Crippen LogP contribution in [0.3, 0.4) is 0 Å². The van der Waals surface area contributed by atoms with Gasteiger partial charge < -0.3 is 9.52 Å². The Hall–Kier alpha value is -2.87. The number of hydrogen-bond acceptors (Lipinski definition) is 6. The number of aliphatic hydroxyl groups is 1. The van der Waals surface area contributed by atoms with Gasteiger partial charge in [-0.1, -0.05) is 11.8 Å². The molecule has 6 nitrogen and oxygen atoms in total. The molecule has 116 valence electrons. The second-order valence-electron chi connectivity index (χ2n) is 4.40. The average Bonchev–Trinajstić information content (AvgIpc) is 3.21. The maximum atomic E-state index is 12.9. The molecule has 0 saturated heterocycles. The molecule has 0 aliphatic heterocycles. The van der Waals surface area contributed by atoms with E-state index in [-0.39, 0.29) is 23.2 Å². The summed E-state index contributed by atoms with van der Waals surface area (Å²) < 4.78 is 18.3. The van der Waals surface area contributed by atoms with Crippen molar-refractivity contribution in [3.8, 4) is 0 Å². The van der Waals surface area contributed by atoms with Crippen molar-refractivity contribution in [3.63, 3.8) is 0 Å². The molecule has 23 heavy (non-hydrogen) atoms. The SMILES string of the molecule is O=C(/C=C(\O)c1ncn[nH]1)c1ccc(Sc2ccc(F)cc2)o1. The zero-order valence-corrected chi connectivity index (χ0v) is 12.4. The number of nitrogens with one attached hydrogen (secondary N) is 1. The van der Waals surface area contributed by atoms with E-state index in [1.807, 2.05) is 0 Å². The van der Waals surface area contributed by atoms with Gasteiger partial charge in [-0.2, -0.15) is 5.10 Å². The fraction of sp³-hybridized carbons (Fsp3) is 0. The molecule has 0 bridgehead atoms. The molecule has 2 aromatic heterocycles. The predicted octanol–water partition coefficient (Wildman–Crippen LogP) is 3.47. The first-order valence-corrected chi connectivity index (χ1v) is 7.27. The highest BCUT2D eigenvalue weighted by molar-refractivity contribution is 7.99. The zero-order chi connectivity index (χ0) is 16.2. The van der Waals surface area contributed by atoms with Crippen molar-refractivity contribution in [2.75, 3.05) is 0 Å². The summed E-state index contributed by atoms with van der Waals surface area (Å²) in [5.74, 6) is -1.01. The van der Waals surface area contributed by atoms with Crippen molar-refractivity contribution >= 4 is 23.3 Å². The van der Waals surface area contributed by atoms with Crippen LogP contribution in [0.4, 0.5) is 4.39 Å². The topological polar surface area (TPSA) is 92.0 Å². The summed E-state index contributed by atoms with van der Waals surface area (Å²) in [6.45, 7) is 0. The van der Waals surface area contributed by atoms with Crippen molar-refractivity contribution < 1.29 is 18.7 Å². The third-order valence-electron chi connectivity index (χ3n) is 2.78. The van der Waals surface area contributed by atoms with Gasteiger partial charge in [-0.3, -0.25) is 9.89 Å². The van der Waals surface area contributed by atoms with Crippen molar-refractivity contribution in [1.82, 2.24) is 15.2 Å². The molecule has 0 unspecified atom stereocenters. The number of aromatic amines is 1. The summed E-state index contributed by atoms with van der Waals surface area (Å²) in [5.41, 5.74) is 0. The Kier molecular flexibility index (Phi) is 4.24. The second kappa shape index (κ2) is 6.49. The number of H-pyrrole nitrogens is 1. The Morgan fingerprint density at radius 3 is 2.74 bits per heavy atom. The lowest BCUT2D eigenvalue weighted by molar-refractivity contribution is 0.101. The number of nitrogens with zero attached hydrogens (tertiary/aromatic N) is 2. The van der Waals surface area contributed by atoms with Crippen LogP contribution in [-0.2, 0) is 0 Å². The first kappa shape index (κ1) is 15.0. The van der Waals surface area contributed by atoms with E-state index in [1.54, 1.807) is 18.2 Å². The molecular weight excluding hydrogens is 321 g/mol. The maximum absolute atomic E-state index is 12.9. The summed E-state index contributed by atoms with van der Waals surface area (Å²) in [7, 11) is 0. The number of halogens is 1. The van der Waals surface area contributed by atoms with Gasteiger partial charge >= 0.3 is 0 Å². The predicted molar refractivity (Wildman–Crippen MR) is 80.6 cm³/mol. The highest BCUT2D eigenvalue weighted by Crippen LogP contribution is 2.29. The lowest BCUT2D eigenvalue weighted by Gasteiger charge is -1.97. The number of allylic oxidation sites excluding steroid dienone is 1. The van der Waals surface area contributed by atoms with Crippen molar-refractivity contribution in [1.29, 1.82) is 0 Å². The number of aromatic nitrogens is 3. The Balaban J connectivity index is 1.72. The van der Waals surface area contributed by atoms with Crippen LogP contribution in [0.5, 0.6) is 0 Å². The number of furan rings is 1. The zero-order valence-electron chi connectivity index (χ0n) is 11.6. The van der Waals surface area contributed by atoms with E-state index in [4.69, 9.17) is 4.42 Å². The molecule has 3 rings (SSSR count). The third-order valence-corrected chi connectivity index (χ3v) is 3.71. The summed E-state index contributed by atoms with van der Waals surface area (Å²) in [6.07, 6.45) is 2.21. The highest BCUT2D eigenvalue weighted by atomic mass is 32.2. The quantitative estimate of drug-likeness (QED) is 0.422. The van der Waals surface area contributed by atoms with Crippen molar-refractivity contribution in [2.45, 2.75) is 9.99 Å². The molecular formula is C15H10FN3O3S. The van der Waals surface area contributed by atoms with E-state index in [9.17, 15) is 14.3 Å². The Morgan fingerprint density at radius 2 is 2.04 bits per heavy atom. The maximum Gasteiger partial charge on any atom is 0.224 e. The van der Waals surface area contributed by atoms with E-state index in [1.165, 1.54) is 36.3 Å². The van der Waals surface area contributed by atoms with Gasteiger partial charge in [0.05, 0.1) is 0 Å². The largest absolute Gasteiger partial charge is 0.504 e. The molecule has 0 fully saturated rings. The summed E-state index contributed by atoms with van der Waals surface area (Å²) in [5, 5.41) is 16.2. The van der Waals surface area contributed by atoms with Crippen LogP contribution in [0.1, 0.15) is 16.4 Å². The first-order chi connectivity index (χ1) is 11.1. The van der Waals surface area contributed by atoms with Gasteiger partial charge in [0.1, 0.15) is 12.1 Å². The van der Waals surface area contributed by atoms with Crippen LogP contribution in [0.15, 0.2) is 63.2 Å². The summed E-state index contributed by atoms with van der Waals surface area (Å²) in [6, 6.07) is 9.03. The molecule has 0 saturated carbocycles. The van der Waals surface area contributed by atoms with E-state index < -0.39 is 5.78 Å². The molecule has 0 aliphatic carbocycles. The Morgan fingerprint density at radius 1 is 1.26 bits per heavy atom. The van der Waals surface area contributed by atoms with E-state index in [0.717, 1.165) is 11.0 Å². The molecule has 2 heterocycles. The second-order valence-corrected chi connectivity index (χ2v) is 5.48. The molecule has 1 aromatic carbocycles. The number of ketones is 1. The minimum absolute atomic E-state index is 0.0701. The minimum atomic E-state index is -0.509. The molecule has 0 atom stereocenters. The van der Waals surface area contributed by atoms with Gasteiger partial charge in [0.25, 0.3) is 0 Å². The van der Waals surface area contributed by atoms with Gasteiger partial charge in [0.15, 0.2) is 22.4 Å². The number of aliphatic hydroxyl groups excluding tert-OH is 1. The van der Waals surface area contributed by atoms with Crippen LogP contribution in [0.2, 0.25) is 0 Å². The lowest BCUT2D eigenvalue weighted by Crippen LogP contribution is -1.95. The molecule has 0 radical (unpaired) electrons. The lowest BCUT2D eigenvalue weighted by atomic mass is 10.2. The van der Waals surface area contributed by atoms with Crippen LogP contribution in [-0.4, -0.2) is 26.1 Å². The molecule has 8 heteroatoms. The first-order valence-electron chi connectivity index (χ1n) is 6.46. The number of hydrogen-bond donors (Lipinski definition) is 2. The fourth-order valence-electron chi connectivity index (χ4n) is 1.72. The normalized spacial score (nSPS) is 11.6. The van der Waals surface area contributed by atoms with Gasteiger partial charge in [0.2, 0.25) is 5.78 Å². The molecule has 0 amide bonds. The van der Waals surface area contributed by atoms with Crippen LogP contribution >= 0.6 is 11.8 Å². The number of carbonyl (C=O) groups excluding carboxylic acids is 1. The van der Waals surface area contributed by atoms with Crippen LogP contribution in [0.25, 0.3) is 5.76 Å². The van der Waals surface area contributed by atoms with Gasteiger partial charge in [-0.05, 0) is 36.4 Å². The standard InChI is InChI=1S/C15H10FN3O3S/c16-9-1-3-10(4-2-9)23-14-6-5-13(22-14)11(20)7-12(21)15-17-8-18-19-15/h1-8,21H,(H,17,18,19)/b12-7-. The Labute approximate surface area is 134 Å². The van der Waals surface area contributed by atoms with Crippen molar-refractivity contribution in [3.05, 3.63) is 66.2 Å². The molecule has 0 aliphatic rings. The fourth-order valence-corrected chi connectivity index (χ4v) is 2.49. The van der Waals surface area contributed by atoms with Gasteiger partial charge in [-0.15, -0.1) is 0 Å². The Bertz CT molecular complexity index is 841. The monoisotopic (exact) mass is 331 g/mol. The van der Waals surface area contributed by atoms with E-state index in [2.05, 4.69) is 15.2 Å². The summed E-state index contributed by atoms with van der Waals surface area (Å²) in [4.78, 5) is 16.5. The minimum Gasteiger partial charge on any atom is -0.504 e.